The van der Waals surface area contributed by atoms with Gasteiger partial charge < -0.3 is 5.32 Å². The summed E-state index contributed by atoms with van der Waals surface area (Å²) in [5.41, 5.74) is 1.06. The first-order chi connectivity index (χ1) is 8.50. The predicted octanol–water partition coefficient (Wildman–Crippen LogP) is 4.73. The van der Waals surface area contributed by atoms with Crippen molar-refractivity contribution < 1.29 is 0 Å². The van der Waals surface area contributed by atoms with E-state index in [0.717, 1.165) is 41.5 Å². The summed E-state index contributed by atoms with van der Waals surface area (Å²) < 4.78 is 0. The van der Waals surface area contributed by atoms with Gasteiger partial charge in [0, 0.05) is 22.0 Å². The third kappa shape index (κ3) is 4.64. The van der Waals surface area contributed by atoms with Gasteiger partial charge in [0.2, 0.25) is 0 Å². The molecule has 100 valence electrons. The van der Waals surface area contributed by atoms with Gasteiger partial charge in [0.15, 0.2) is 0 Å². The zero-order chi connectivity index (χ0) is 13.6. The second kappa shape index (κ2) is 7.18. The second-order valence-corrected chi connectivity index (χ2v) is 5.79. The minimum atomic E-state index is -0.0104. The number of benzene rings is 1. The number of nitrogens with one attached hydrogen (secondary N) is 1. The number of hydrogen-bond donors (Lipinski definition) is 1. The van der Waals surface area contributed by atoms with Gasteiger partial charge in [-0.05, 0) is 43.1 Å². The minimum absolute atomic E-state index is 0.0104. The average molecular weight is 286 g/mol. The van der Waals surface area contributed by atoms with Crippen LogP contribution in [0.15, 0.2) is 30.9 Å². The number of halogens is 2. The van der Waals surface area contributed by atoms with E-state index in [2.05, 4.69) is 25.7 Å². The van der Waals surface area contributed by atoms with Crippen molar-refractivity contribution in [1.82, 2.24) is 5.32 Å². The summed E-state index contributed by atoms with van der Waals surface area (Å²) in [6, 6.07) is 5.60. The predicted molar refractivity (Wildman–Crippen MR) is 81.6 cm³/mol. The minimum Gasteiger partial charge on any atom is -0.316 e. The molecule has 0 aliphatic heterocycles. The van der Waals surface area contributed by atoms with Crippen molar-refractivity contribution >= 4 is 23.2 Å². The van der Waals surface area contributed by atoms with E-state index in [9.17, 15) is 0 Å². The lowest BCUT2D eigenvalue weighted by Crippen LogP contribution is -2.32. The van der Waals surface area contributed by atoms with E-state index in [4.69, 9.17) is 23.2 Å². The molecule has 1 unspecified atom stereocenters. The van der Waals surface area contributed by atoms with Crippen LogP contribution in [0.1, 0.15) is 25.8 Å². The Bertz CT molecular complexity index is 403. The Labute approximate surface area is 120 Å². The van der Waals surface area contributed by atoms with E-state index >= 15 is 0 Å². The van der Waals surface area contributed by atoms with Gasteiger partial charge in [-0.1, -0.05) is 43.1 Å². The van der Waals surface area contributed by atoms with Gasteiger partial charge in [-0.3, -0.25) is 0 Å². The van der Waals surface area contributed by atoms with E-state index in [1.54, 1.807) is 0 Å². The van der Waals surface area contributed by atoms with Crippen LogP contribution >= 0.6 is 23.2 Å². The van der Waals surface area contributed by atoms with Crippen LogP contribution in [0.5, 0.6) is 0 Å². The lowest BCUT2D eigenvalue weighted by molar-refractivity contribution is 0.391. The molecule has 1 N–H and O–H groups in total. The molecule has 1 rings (SSSR count). The highest BCUT2D eigenvalue weighted by Crippen LogP contribution is 2.29. The molecule has 18 heavy (non-hydrogen) atoms. The van der Waals surface area contributed by atoms with E-state index in [1.807, 2.05) is 24.3 Å². The maximum Gasteiger partial charge on any atom is 0.0439 e. The molecule has 0 fully saturated rings. The molecule has 0 aliphatic carbocycles. The molecule has 1 aromatic carbocycles. The molecule has 1 atom stereocenters. The molecule has 0 amide bonds. The molecular formula is C15H21Cl2N. The SMILES string of the molecule is C=CC(C)(CNCCC)Cc1cc(Cl)ccc1Cl. The van der Waals surface area contributed by atoms with Gasteiger partial charge in [-0.25, -0.2) is 0 Å². The Morgan fingerprint density at radius 2 is 2.11 bits per heavy atom. The summed E-state index contributed by atoms with van der Waals surface area (Å²) >= 11 is 12.2. The number of hydrogen-bond acceptors (Lipinski definition) is 1. The van der Waals surface area contributed by atoms with Crippen molar-refractivity contribution in [1.29, 1.82) is 0 Å². The van der Waals surface area contributed by atoms with Crippen molar-refractivity contribution in [2.45, 2.75) is 26.7 Å². The Hall–Kier alpha value is -0.500. The van der Waals surface area contributed by atoms with Crippen LogP contribution in [-0.2, 0) is 6.42 Å². The molecule has 0 saturated carbocycles. The normalized spacial score (nSPS) is 14.2. The Morgan fingerprint density at radius 3 is 2.72 bits per heavy atom. The van der Waals surface area contributed by atoms with Gasteiger partial charge in [-0.2, -0.15) is 0 Å². The van der Waals surface area contributed by atoms with E-state index in [-0.39, 0.29) is 5.41 Å². The zero-order valence-corrected chi connectivity index (χ0v) is 12.6. The van der Waals surface area contributed by atoms with E-state index in [1.165, 1.54) is 0 Å². The smallest absolute Gasteiger partial charge is 0.0439 e. The van der Waals surface area contributed by atoms with Crippen LogP contribution in [0.25, 0.3) is 0 Å². The monoisotopic (exact) mass is 285 g/mol. The molecule has 0 spiro atoms. The third-order valence-corrected chi connectivity index (χ3v) is 3.65. The standard InChI is InChI=1S/C15H21Cl2N/c1-4-8-18-11-15(3,5-2)10-12-9-13(16)6-7-14(12)17/h5-7,9,18H,2,4,8,10-11H2,1,3H3. The lowest BCUT2D eigenvalue weighted by atomic mass is 9.83. The largest absolute Gasteiger partial charge is 0.316 e. The molecule has 0 aromatic heterocycles. The first-order valence-corrected chi connectivity index (χ1v) is 7.04. The van der Waals surface area contributed by atoms with Gasteiger partial charge >= 0.3 is 0 Å². The molecule has 0 radical (unpaired) electrons. The van der Waals surface area contributed by atoms with Crippen LogP contribution < -0.4 is 5.32 Å². The average Bonchev–Trinajstić information content (AvgIpc) is 2.34. The molecule has 0 aliphatic rings. The van der Waals surface area contributed by atoms with Crippen molar-refractivity contribution in [2.75, 3.05) is 13.1 Å². The van der Waals surface area contributed by atoms with Crippen LogP contribution in [0, 0.1) is 5.41 Å². The van der Waals surface area contributed by atoms with Crippen molar-refractivity contribution in [3.05, 3.63) is 46.5 Å². The van der Waals surface area contributed by atoms with Crippen LogP contribution in [0.2, 0.25) is 10.0 Å². The first kappa shape index (κ1) is 15.6. The maximum atomic E-state index is 6.21. The summed E-state index contributed by atoms with van der Waals surface area (Å²) in [6.07, 6.45) is 3.96. The number of rotatable bonds is 7. The van der Waals surface area contributed by atoms with Gasteiger partial charge in [0.05, 0.1) is 0 Å². The Balaban J connectivity index is 2.77. The van der Waals surface area contributed by atoms with Crippen molar-refractivity contribution in [3.8, 4) is 0 Å². The molecular weight excluding hydrogens is 265 g/mol. The second-order valence-electron chi connectivity index (χ2n) is 4.95. The zero-order valence-electron chi connectivity index (χ0n) is 11.1. The fourth-order valence-corrected chi connectivity index (χ4v) is 2.25. The summed E-state index contributed by atoms with van der Waals surface area (Å²) in [6.45, 7) is 10.2. The fraction of sp³-hybridized carbons (Fsp3) is 0.467. The van der Waals surface area contributed by atoms with Gasteiger partial charge in [0.1, 0.15) is 0 Å². The summed E-state index contributed by atoms with van der Waals surface area (Å²) in [5, 5.41) is 4.92. The van der Waals surface area contributed by atoms with E-state index < -0.39 is 0 Å². The topological polar surface area (TPSA) is 12.0 Å². The summed E-state index contributed by atoms with van der Waals surface area (Å²) in [4.78, 5) is 0. The van der Waals surface area contributed by atoms with Crippen LogP contribution in [0.4, 0.5) is 0 Å². The summed E-state index contributed by atoms with van der Waals surface area (Å²) in [7, 11) is 0. The van der Waals surface area contributed by atoms with Crippen molar-refractivity contribution in [3.63, 3.8) is 0 Å². The maximum absolute atomic E-state index is 6.21. The Morgan fingerprint density at radius 1 is 1.39 bits per heavy atom. The molecule has 1 aromatic rings. The molecule has 0 bridgehead atoms. The Kier molecular flexibility index (Phi) is 6.20. The molecule has 0 saturated heterocycles. The third-order valence-electron chi connectivity index (χ3n) is 3.05. The quantitative estimate of drug-likeness (QED) is 0.564. The summed E-state index contributed by atoms with van der Waals surface area (Å²) in [5.74, 6) is 0. The highest BCUT2D eigenvalue weighted by molar-refractivity contribution is 6.33. The fourth-order valence-electron chi connectivity index (χ4n) is 1.87. The lowest BCUT2D eigenvalue weighted by Gasteiger charge is -2.27. The van der Waals surface area contributed by atoms with Gasteiger partial charge in [0.25, 0.3) is 0 Å². The van der Waals surface area contributed by atoms with Crippen LogP contribution in [-0.4, -0.2) is 13.1 Å². The highest BCUT2D eigenvalue weighted by Gasteiger charge is 2.21. The molecule has 3 heteroatoms. The van der Waals surface area contributed by atoms with Gasteiger partial charge in [-0.15, -0.1) is 6.58 Å². The van der Waals surface area contributed by atoms with Crippen molar-refractivity contribution in [2.24, 2.45) is 5.41 Å². The van der Waals surface area contributed by atoms with E-state index in [0.29, 0.717) is 0 Å². The molecule has 0 heterocycles. The molecule has 1 nitrogen and oxygen atoms in total. The van der Waals surface area contributed by atoms with Crippen LogP contribution in [0.3, 0.4) is 0 Å². The first-order valence-electron chi connectivity index (χ1n) is 6.29. The highest BCUT2D eigenvalue weighted by atomic mass is 35.5.